The quantitative estimate of drug-likeness (QED) is 0.480. The zero-order chi connectivity index (χ0) is 22.0. The first kappa shape index (κ1) is 20.5. The molecule has 2 heterocycles. The number of aryl methyl sites for hydroxylation is 1. The summed E-state index contributed by atoms with van der Waals surface area (Å²) in [5.74, 6) is -0.712. The number of benzene rings is 2. The molecule has 0 atom stereocenters. The molecule has 0 saturated heterocycles. The van der Waals surface area contributed by atoms with E-state index in [-0.39, 0.29) is 23.8 Å². The van der Waals surface area contributed by atoms with Crippen molar-refractivity contribution in [3.8, 4) is 0 Å². The standard InChI is InChI=1S/C25H22FN3O2/c1-3-28(21-8-4-6-17(2)14-21)24(30)22-15-19-7-5-13-27-23(19)29(25(22)31)16-18-9-11-20(26)12-10-18/h4-15H,3,16H2,1-2H3. The largest absolute Gasteiger partial charge is 0.308 e. The van der Waals surface area contributed by atoms with Crippen molar-refractivity contribution in [2.45, 2.75) is 20.4 Å². The van der Waals surface area contributed by atoms with Gasteiger partial charge in [-0.2, -0.15) is 0 Å². The number of hydrogen-bond acceptors (Lipinski definition) is 3. The molecule has 2 aromatic carbocycles. The Hall–Kier alpha value is -3.80. The first-order valence-corrected chi connectivity index (χ1v) is 10.1. The fourth-order valence-corrected chi connectivity index (χ4v) is 3.66. The van der Waals surface area contributed by atoms with Gasteiger partial charge in [-0.25, -0.2) is 9.37 Å². The first-order chi connectivity index (χ1) is 15.0. The van der Waals surface area contributed by atoms with Gasteiger partial charge in [0.05, 0.1) is 6.54 Å². The second-order valence-corrected chi connectivity index (χ2v) is 7.38. The molecule has 6 heteroatoms. The van der Waals surface area contributed by atoms with Gasteiger partial charge in [0.15, 0.2) is 0 Å². The maximum absolute atomic E-state index is 13.4. The monoisotopic (exact) mass is 415 g/mol. The molecule has 0 saturated carbocycles. The predicted octanol–water partition coefficient (Wildman–Crippen LogP) is 4.56. The van der Waals surface area contributed by atoms with Gasteiger partial charge in [0.2, 0.25) is 0 Å². The third-order valence-corrected chi connectivity index (χ3v) is 5.21. The van der Waals surface area contributed by atoms with Gasteiger partial charge >= 0.3 is 0 Å². The van der Waals surface area contributed by atoms with E-state index in [1.165, 1.54) is 16.7 Å². The number of anilines is 1. The van der Waals surface area contributed by atoms with Gasteiger partial charge in [-0.3, -0.25) is 14.2 Å². The molecule has 4 aromatic rings. The minimum atomic E-state index is -0.424. The average Bonchev–Trinajstić information content (AvgIpc) is 2.77. The minimum absolute atomic E-state index is 0.0750. The molecule has 1 amide bonds. The van der Waals surface area contributed by atoms with Crippen LogP contribution in [0.15, 0.2) is 77.7 Å². The van der Waals surface area contributed by atoms with Crippen molar-refractivity contribution in [1.82, 2.24) is 9.55 Å². The van der Waals surface area contributed by atoms with Crippen LogP contribution in [0.5, 0.6) is 0 Å². The Kier molecular flexibility index (Phi) is 5.62. The molecule has 0 unspecified atom stereocenters. The third kappa shape index (κ3) is 4.10. The van der Waals surface area contributed by atoms with E-state index >= 15 is 0 Å². The minimum Gasteiger partial charge on any atom is -0.308 e. The number of nitrogens with zero attached hydrogens (tertiary/aromatic N) is 3. The number of aromatic nitrogens is 2. The van der Waals surface area contributed by atoms with Crippen LogP contribution in [-0.4, -0.2) is 22.0 Å². The lowest BCUT2D eigenvalue weighted by molar-refractivity contribution is 0.0986. The van der Waals surface area contributed by atoms with Crippen LogP contribution in [0.2, 0.25) is 0 Å². The van der Waals surface area contributed by atoms with Crippen molar-refractivity contribution in [3.63, 3.8) is 0 Å². The summed E-state index contributed by atoms with van der Waals surface area (Å²) in [4.78, 5) is 32.8. The van der Waals surface area contributed by atoms with E-state index in [0.717, 1.165) is 16.8 Å². The van der Waals surface area contributed by atoms with Gasteiger partial charge in [-0.15, -0.1) is 0 Å². The van der Waals surface area contributed by atoms with Gasteiger partial charge in [-0.05, 0) is 67.4 Å². The van der Waals surface area contributed by atoms with Crippen molar-refractivity contribution in [2.75, 3.05) is 11.4 Å². The van der Waals surface area contributed by atoms with Crippen molar-refractivity contribution >= 4 is 22.6 Å². The molecule has 31 heavy (non-hydrogen) atoms. The zero-order valence-electron chi connectivity index (χ0n) is 17.4. The molecular formula is C25H22FN3O2. The van der Waals surface area contributed by atoms with Gasteiger partial charge in [-0.1, -0.05) is 24.3 Å². The Morgan fingerprint density at radius 3 is 2.55 bits per heavy atom. The van der Waals surface area contributed by atoms with Gasteiger partial charge < -0.3 is 4.90 Å². The average molecular weight is 415 g/mol. The summed E-state index contributed by atoms with van der Waals surface area (Å²) < 4.78 is 14.8. The molecule has 4 rings (SSSR count). The summed E-state index contributed by atoms with van der Waals surface area (Å²) in [6.45, 7) is 4.44. The van der Waals surface area contributed by atoms with E-state index in [0.29, 0.717) is 17.6 Å². The first-order valence-electron chi connectivity index (χ1n) is 10.1. The number of halogens is 1. The van der Waals surface area contributed by atoms with Crippen LogP contribution in [-0.2, 0) is 6.54 Å². The molecule has 5 nitrogen and oxygen atoms in total. The maximum Gasteiger partial charge on any atom is 0.265 e. The van der Waals surface area contributed by atoms with Crippen LogP contribution in [0.4, 0.5) is 10.1 Å². The van der Waals surface area contributed by atoms with E-state index in [4.69, 9.17) is 0 Å². The molecule has 0 bridgehead atoms. The van der Waals surface area contributed by atoms with E-state index in [9.17, 15) is 14.0 Å². The summed E-state index contributed by atoms with van der Waals surface area (Å²) in [6, 6.07) is 18.7. The van der Waals surface area contributed by atoms with Crippen LogP contribution < -0.4 is 10.5 Å². The SMILES string of the molecule is CCN(C(=O)c1cc2cccnc2n(Cc2ccc(F)cc2)c1=O)c1cccc(C)c1. The van der Waals surface area contributed by atoms with Crippen LogP contribution in [0.1, 0.15) is 28.4 Å². The molecular weight excluding hydrogens is 393 g/mol. The molecule has 0 fully saturated rings. The van der Waals surface area contributed by atoms with Crippen LogP contribution >= 0.6 is 0 Å². The van der Waals surface area contributed by atoms with Crippen molar-refractivity contribution < 1.29 is 9.18 Å². The van der Waals surface area contributed by atoms with Crippen LogP contribution in [0, 0.1) is 12.7 Å². The lowest BCUT2D eigenvalue weighted by Crippen LogP contribution is -2.37. The lowest BCUT2D eigenvalue weighted by atomic mass is 10.1. The summed E-state index contributed by atoms with van der Waals surface area (Å²) >= 11 is 0. The number of rotatable bonds is 5. The highest BCUT2D eigenvalue weighted by molar-refractivity contribution is 6.07. The number of hydrogen-bond donors (Lipinski definition) is 0. The molecule has 0 spiro atoms. The van der Waals surface area contributed by atoms with E-state index in [1.807, 2.05) is 44.2 Å². The second-order valence-electron chi connectivity index (χ2n) is 7.38. The Balaban J connectivity index is 1.84. The van der Waals surface area contributed by atoms with E-state index in [1.54, 1.807) is 35.4 Å². The molecule has 0 N–H and O–H groups in total. The molecule has 156 valence electrons. The van der Waals surface area contributed by atoms with Crippen LogP contribution in [0.25, 0.3) is 11.0 Å². The smallest absolute Gasteiger partial charge is 0.265 e. The molecule has 0 radical (unpaired) electrons. The Morgan fingerprint density at radius 2 is 1.84 bits per heavy atom. The van der Waals surface area contributed by atoms with Crippen molar-refractivity contribution in [2.24, 2.45) is 0 Å². The maximum atomic E-state index is 13.4. The summed E-state index contributed by atoms with van der Waals surface area (Å²) in [5, 5.41) is 0.688. The topological polar surface area (TPSA) is 55.2 Å². The highest BCUT2D eigenvalue weighted by atomic mass is 19.1. The number of carbonyl (C=O) groups is 1. The van der Waals surface area contributed by atoms with Gasteiger partial charge in [0, 0.05) is 23.8 Å². The Morgan fingerprint density at radius 1 is 1.06 bits per heavy atom. The molecule has 0 aliphatic heterocycles. The fourth-order valence-electron chi connectivity index (χ4n) is 3.66. The number of amides is 1. The lowest BCUT2D eigenvalue weighted by Gasteiger charge is -2.22. The highest BCUT2D eigenvalue weighted by Crippen LogP contribution is 2.20. The molecule has 0 aliphatic carbocycles. The second kappa shape index (κ2) is 8.52. The van der Waals surface area contributed by atoms with E-state index in [2.05, 4.69) is 4.98 Å². The zero-order valence-corrected chi connectivity index (χ0v) is 17.4. The normalized spacial score (nSPS) is 10.9. The number of fused-ring (bicyclic) bond motifs is 1. The van der Waals surface area contributed by atoms with E-state index < -0.39 is 5.56 Å². The number of pyridine rings is 2. The summed E-state index contributed by atoms with van der Waals surface area (Å²) in [6.07, 6.45) is 1.61. The Bertz CT molecular complexity index is 1310. The third-order valence-electron chi connectivity index (χ3n) is 5.21. The molecule has 0 aliphatic rings. The molecule has 2 aromatic heterocycles. The Labute approximate surface area is 179 Å². The summed E-state index contributed by atoms with van der Waals surface area (Å²) in [5.41, 5.74) is 2.64. The number of carbonyl (C=O) groups excluding carboxylic acids is 1. The fraction of sp³-hybridized carbons (Fsp3) is 0.160. The van der Waals surface area contributed by atoms with Crippen molar-refractivity contribution in [1.29, 1.82) is 0 Å². The van der Waals surface area contributed by atoms with Gasteiger partial charge in [0.1, 0.15) is 17.0 Å². The van der Waals surface area contributed by atoms with Crippen molar-refractivity contribution in [3.05, 3.63) is 106 Å². The van der Waals surface area contributed by atoms with Crippen LogP contribution in [0.3, 0.4) is 0 Å². The predicted molar refractivity (Wildman–Crippen MR) is 120 cm³/mol. The summed E-state index contributed by atoms with van der Waals surface area (Å²) in [7, 11) is 0. The van der Waals surface area contributed by atoms with Gasteiger partial charge in [0.25, 0.3) is 11.5 Å². The highest BCUT2D eigenvalue weighted by Gasteiger charge is 2.22.